The van der Waals surface area contributed by atoms with Crippen molar-refractivity contribution in [3.05, 3.63) is 39.5 Å². The third-order valence-corrected chi connectivity index (χ3v) is 2.37. The number of rotatable bonds is 1. The zero-order valence-electron chi connectivity index (χ0n) is 8.48. The second-order valence-electron chi connectivity index (χ2n) is 3.50. The Morgan fingerprint density at radius 2 is 2.29 bits per heavy atom. The predicted molar refractivity (Wildman–Crippen MR) is 50.8 cm³/mol. The maximum absolute atomic E-state index is 12.4. The Kier molecular flexibility index (Phi) is 2.91. The normalized spacial score (nSPS) is 19.4. The number of halogens is 3. The summed E-state index contributed by atoms with van der Waals surface area (Å²) in [5, 5.41) is 3.43. The van der Waals surface area contributed by atoms with Crippen molar-refractivity contribution < 1.29 is 17.9 Å². The van der Waals surface area contributed by atoms with Crippen molar-refractivity contribution in [1.29, 1.82) is 0 Å². The molecule has 1 aliphatic heterocycles. The summed E-state index contributed by atoms with van der Waals surface area (Å²) in [6.45, 7) is 0.180. The minimum atomic E-state index is -4.44. The van der Waals surface area contributed by atoms with Crippen molar-refractivity contribution in [3.63, 3.8) is 0 Å². The molecule has 0 saturated heterocycles. The molecule has 1 aliphatic rings. The highest BCUT2D eigenvalue weighted by molar-refractivity contribution is 5.30. The third-order valence-electron chi connectivity index (χ3n) is 2.37. The van der Waals surface area contributed by atoms with Crippen LogP contribution in [-0.2, 0) is 17.5 Å². The summed E-state index contributed by atoms with van der Waals surface area (Å²) < 4.78 is 42.4. The quantitative estimate of drug-likeness (QED) is 0.432. The molecule has 1 aromatic heterocycles. The Labute approximate surface area is 93.8 Å². The van der Waals surface area contributed by atoms with Crippen molar-refractivity contribution >= 4 is 0 Å². The van der Waals surface area contributed by atoms with Crippen LogP contribution in [0, 0.1) is 0 Å². The van der Waals surface area contributed by atoms with Crippen LogP contribution < -0.4 is 0 Å². The Bertz CT molecular complexity index is 482. The van der Waals surface area contributed by atoms with E-state index >= 15 is 0 Å². The van der Waals surface area contributed by atoms with E-state index in [-0.39, 0.29) is 13.2 Å². The second kappa shape index (κ2) is 4.23. The summed E-state index contributed by atoms with van der Waals surface area (Å²) in [5.74, 6) is 0. The van der Waals surface area contributed by atoms with E-state index in [4.69, 9.17) is 10.3 Å². The summed E-state index contributed by atoms with van der Waals surface area (Å²) in [6.07, 6.45) is -3.70. The van der Waals surface area contributed by atoms with Crippen LogP contribution in [0.2, 0.25) is 0 Å². The lowest BCUT2D eigenvalue weighted by Gasteiger charge is -2.22. The minimum Gasteiger partial charge on any atom is -0.376 e. The summed E-state index contributed by atoms with van der Waals surface area (Å²) in [7, 11) is 0. The topological polar surface area (TPSA) is 70.9 Å². The van der Waals surface area contributed by atoms with E-state index in [1.54, 1.807) is 0 Å². The molecule has 2 heterocycles. The fourth-order valence-electron chi connectivity index (χ4n) is 1.60. The number of aromatic nitrogens is 1. The zero-order valence-corrected chi connectivity index (χ0v) is 8.48. The van der Waals surface area contributed by atoms with Crippen molar-refractivity contribution in [2.45, 2.75) is 18.8 Å². The van der Waals surface area contributed by atoms with E-state index < -0.39 is 17.8 Å². The lowest BCUT2D eigenvalue weighted by atomic mass is 10.0. The molecular formula is C9H7F3N4O. The second-order valence-corrected chi connectivity index (χ2v) is 3.50. The highest BCUT2D eigenvalue weighted by atomic mass is 19.4. The zero-order chi connectivity index (χ0) is 12.5. The number of nitrogens with zero attached hydrogens (tertiary/aromatic N) is 4. The van der Waals surface area contributed by atoms with Crippen molar-refractivity contribution in [2.24, 2.45) is 5.11 Å². The SMILES string of the molecule is [N-]=[N+]=NC1COCc2cc(C(F)(F)F)cnc21. The van der Waals surface area contributed by atoms with Gasteiger partial charge in [-0.25, -0.2) is 0 Å². The molecule has 0 bridgehead atoms. The molecule has 5 nitrogen and oxygen atoms in total. The van der Waals surface area contributed by atoms with Gasteiger partial charge in [0, 0.05) is 16.7 Å². The van der Waals surface area contributed by atoms with Crippen molar-refractivity contribution in [2.75, 3.05) is 6.61 Å². The molecule has 0 N–H and O–H groups in total. The van der Waals surface area contributed by atoms with Crippen molar-refractivity contribution in [1.82, 2.24) is 4.98 Å². The molecule has 0 aromatic carbocycles. The molecule has 17 heavy (non-hydrogen) atoms. The van der Waals surface area contributed by atoms with Crippen LogP contribution in [0.5, 0.6) is 0 Å². The van der Waals surface area contributed by atoms with E-state index in [1.165, 1.54) is 0 Å². The van der Waals surface area contributed by atoms with Gasteiger partial charge in [-0.1, -0.05) is 5.11 Å². The molecule has 0 spiro atoms. The summed E-state index contributed by atoms with van der Waals surface area (Å²) in [4.78, 5) is 6.33. The van der Waals surface area contributed by atoms with Gasteiger partial charge in [0.1, 0.15) is 6.04 Å². The van der Waals surface area contributed by atoms with E-state index in [0.29, 0.717) is 11.3 Å². The largest absolute Gasteiger partial charge is 0.417 e. The Morgan fingerprint density at radius 1 is 1.53 bits per heavy atom. The molecule has 2 rings (SSSR count). The van der Waals surface area contributed by atoms with Crippen LogP contribution in [-0.4, -0.2) is 11.6 Å². The Morgan fingerprint density at radius 3 is 2.94 bits per heavy atom. The van der Waals surface area contributed by atoms with Crippen molar-refractivity contribution in [3.8, 4) is 0 Å². The number of pyridine rings is 1. The van der Waals surface area contributed by atoms with Gasteiger partial charge < -0.3 is 4.74 Å². The fourth-order valence-corrected chi connectivity index (χ4v) is 1.60. The Balaban J connectivity index is 2.43. The number of azide groups is 1. The summed E-state index contributed by atoms with van der Waals surface area (Å²) in [5.41, 5.74) is 8.15. The number of hydrogen-bond acceptors (Lipinski definition) is 3. The molecule has 90 valence electrons. The van der Waals surface area contributed by atoms with E-state index in [1.807, 2.05) is 0 Å². The molecule has 0 aliphatic carbocycles. The van der Waals surface area contributed by atoms with Crippen LogP contribution >= 0.6 is 0 Å². The highest BCUT2D eigenvalue weighted by Gasteiger charge is 2.33. The highest BCUT2D eigenvalue weighted by Crippen LogP contribution is 2.33. The van der Waals surface area contributed by atoms with Gasteiger partial charge >= 0.3 is 6.18 Å². The third kappa shape index (κ3) is 2.32. The fraction of sp³-hybridized carbons (Fsp3) is 0.444. The number of ether oxygens (including phenoxy) is 1. The van der Waals surface area contributed by atoms with Crippen LogP contribution in [0.4, 0.5) is 13.2 Å². The molecule has 0 amide bonds. The van der Waals surface area contributed by atoms with E-state index in [9.17, 15) is 13.2 Å². The smallest absolute Gasteiger partial charge is 0.376 e. The lowest BCUT2D eigenvalue weighted by molar-refractivity contribution is -0.138. The first-order valence-corrected chi connectivity index (χ1v) is 4.70. The summed E-state index contributed by atoms with van der Waals surface area (Å²) in [6, 6.07) is 0.313. The van der Waals surface area contributed by atoms with E-state index in [0.717, 1.165) is 12.3 Å². The minimum absolute atomic E-state index is 0.0453. The van der Waals surface area contributed by atoms with Crippen LogP contribution in [0.15, 0.2) is 17.4 Å². The number of alkyl halides is 3. The molecule has 1 atom stereocenters. The number of hydrogen-bond donors (Lipinski definition) is 0. The molecule has 0 fully saturated rings. The van der Waals surface area contributed by atoms with Crippen LogP contribution in [0.1, 0.15) is 22.9 Å². The molecular weight excluding hydrogens is 237 g/mol. The standard InChI is InChI=1S/C9H7F3N4O/c10-9(11,12)6-1-5-3-17-4-7(15-16-13)8(5)14-2-6/h1-2,7H,3-4H2. The van der Waals surface area contributed by atoms with Gasteiger partial charge in [0.2, 0.25) is 0 Å². The Hall–Kier alpha value is -1.79. The van der Waals surface area contributed by atoms with Crippen LogP contribution in [0.3, 0.4) is 0 Å². The average Bonchev–Trinajstić information content (AvgIpc) is 2.28. The van der Waals surface area contributed by atoms with Crippen LogP contribution in [0.25, 0.3) is 10.4 Å². The molecule has 1 aromatic rings. The van der Waals surface area contributed by atoms with Gasteiger partial charge in [-0.15, -0.1) is 0 Å². The van der Waals surface area contributed by atoms with E-state index in [2.05, 4.69) is 15.0 Å². The average molecular weight is 244 g/mol. The van der Waals surface area contributed by atoms with Gasteiger partial charge in [-0.2, -0.15) is 13.2 Å². The lowest BCUT2D eigenvalue weighted by Crippen LogP contribution is -2.18. The van der Waals surface area contributed by atoms with Gasteiger partial charge in [-0.05, 0) is 11.6 Å². The number of fused-ring (bicyclic) bond motifs is 1. The van der Waals surface area contributed by atoms with Gasteiger partial charge in [-0.3, -0.25) is 4.98 Å². The predicted octanol–water partition coefficient (Wildman–Crippen LogP) is 2.98. The maximum atomic E-state index is 12.4. The molecule has 1 unspecified atom stereocenters. The van der Waals surface area contributed by atoms with Gasteiger partial charge in [0.25, 0.3) is 0 Å². The van der Waals surface area contributed by atoms with Gasteiger partial charge in [0.15, 0.2) is 0 Å². The maximum Gasteiger partial charge on any atom is 0.417 e. The summed E-state index contributed by atoms with van der Waals surface area (Å²) >= 11 is 0. The first-order valence-electron chi connectivity index (χ1n) is 4.70. The first-order chi connectivity index (χ1) is 8.02. The molecule has 8 heteroatoms. The monoisotopic (exact) mass is 244 g/mol. The molecule has 0 saturated carbocycles. The van der Waals surface area contributed by atoms with Gasteiger partial charge in [0.05, 0.1) is 24.5 Å². The first kappa shape index (κ1) is 11.7. The molecule has 0 radical (unpaired) electrons.